The zero-order chi connectivity index (χ0) is 11.8. The molecule has 1 aromatic rings. The van der Waals surface area contributed by atoms with E-state index in [1.165, 1.54) is 0 Å². The Kier molecular flexibility index (Phi) is 2.94. The van der Waals surface area contributed by atoms with E-state index in [1.54, 1.807) is 14.0 Å². The van der Waals surface area contributed by atoms with Gasteiger partial charge in [-0.2, -0.15) is 0 Å². The van der Waals surface area contributed by atoms with E-state index in [9.17, 15) is 4.79 Å². The minimum Gasteiger partial charge on any atom is -0.495 e. The summed E-state index contributed by atoms with van der Waals surface area (Å²) in [5, 5.41) is 0.576. The highest BCUT2D eigenvalue weighted by atomic mass is 35.5. The molecule has 16 heavy (non-hydrogen) atoms. The van der Waals surface area contributed by atoms with Crippen LogP contribution in [0.5, 0.6) is 5.75 Å². The average Bonchev–Trinajstić information content (AvgIpc) is 2.15. The minimum absolute atomic E-state index is 0.236. The van der Waals surface area contributed by atoms with Crippen molar-refractivity contribution in [2.24, 2.45) is 0 Å². The highest BCUT2D eigenvalue weighted by Gasteiger charge is 2.43. The van der Waals surface area contributed by atoms with E-state index in [2.05, 4.69) is 0 Å². The Labute approximate surface area is 101 Å². The van der Waals surface area contributed by atoms with Crippen LogP contribution < -0.4 is 4.74 Å². The van der Waals surface area contributed by atoms with Gasteiger partial charge in [0.2, 0.25) is 0 Å². The molecule has 0 saturated heterocycles. The van der Waals surface area contributed by atoms with Crippen molar-refractivity contribution in [2.75, 3.05) is 7.11 Å². The maximum Gasteiger partial charge on any atom is 0.140 e. The quantitative estimate of drug-likeness (QED) is 0.807. The van der Waals surface area contributed by atoms with Crippen molar-refractivity contribution in [1.82, 2.24) is 0 Å². The third-order valence-corrected chi connectivity index (χ3v) is 3.88. The van der Waals surface area contributed by atoms with Crippen molar-refractivity contribution in [3.05, 3.63) is 28.8 Å². The number of halogens is 1. The zero-order valence-electron chi connectivity index (χ0n) is 9.55. The van der Waals surface area contributed by atoms with Crippen LogP contribution in [0.1, 0.15) is 31.7 Å². The molecule has 0 amide bonds. The van der Waals surface area contributed by atoms with Gasteiger partial charge in [0.15, 0.2) is 0 Å². The monoisotopic (exact) mass is 238 g/mol. The fraction of sp³-hybridized carbons (Fsp3) is 0.462. The highest BCUT2D eigenvalue weighted by Crippen LogP contribution is 2.45. The van der Waals surface area contributed by atoms with E-state index in [0.717, 1.165) is 24.8 Å². The molecule has 0 unspecified atom stereocenters. The molecule has 0 radical (unpaired) electrons. The lowest BCUT2D eigenvalue weighted by Crippen LogP contribution is -2.40. The lowest BCUT2D eigenvalue weighted by atomic mass is 9.62. The van der Waals surface area contributed by atoms with Crippen LogP contribution in [0.25, 0.3) is 0 Å². The van der Waals surface area contributed by atoms with Crippen LogP contribution in [0.2, 0.25) is 5.02 Å². The number of rotatable bonds is 3. The standard InChI is InChI=1S/C13H15ClO2/c1-9(15)13(6-3-7-13)10-4-5-12(16-2)11(14)8-10/h4-5,8H,3,6-7H2,1-2H3. The third-order valence-electron chi connectivity index (χ3n) is 3.59. The topological polar surface area (TPSA) is 26.3 Å². The van der Waals surface area contributed by atoms with E-state index >= 15 is 0 Å². The molecule has 0 aromatic heterocycles. The number of carbonyl (C=O) groups excluding carboxylic acids is 1. The number of methoxy groups -OCH3 is 1. The first-order chi connectivity index (χ1) is 7.60. The van der Waals surface area contributed by atoms with Crippen LogP contribution in [0.3, 0.4) is 0 Å². The largest absolute Gasteiger partial charge is 0.495 e. The second kappa shape index (κ2) is 4.10. The van der Waals surface area contributed by atoms with E-state index in [4.69, 9.17) is 16.3 Å². The van der Waals surface area contributed by atoms with Crippen molar-refractivity contribution in [1.29, 1.82) is 0 Å². The number of ketones is 1. The Balaban J connectivity index is 2.40. The van der Waals surface area contributed by atoms with Gasteiger partial charge in [-0.15, -0.1) is 0 Å². The van der Waals surface area contributed by atoms with Gasteiger partial charge in [0, 0.05) is 0 Å². The molecule has 0 atom stereocenters. The van der Waals surface area contributed by atoms with Crippen molar-refractivity contribution < 1.29 is 9.53 Å². The predicted molar refractivity (Wildman–Crippen MR) is 64.2 cm³/mol. The fourth-order valence-corrected chi connectivity index (χ4v) is 2.60. The summed E-state index contributed by atoms with van der Waals surface area (Å²) in [7, 11) is 1.59. The van der Waals surface area contributed by atoms with Gasteiger partial charge < -0.3 is 4.74 Å². The van der Waals surface area contributed by atoms with Crippen molar-refractivity contribution in [2.45, 2.75) is 31.6 Å². The molecule has 2 rings (SSSR count). The summed E-state index contributed by atoms with van der Waals surface area (Å²) in [6.45, 7) is 1.66. The summed E-state index contributed by atoms with van der Waals surface area (Å²) in [5.41, 5.74) is 0.743. The van der Waals surface area contributed by atoms with Crippen molar-refractivity contribution in [3.63, 3.8) is 0 Å². The van der Waals surface area contributed by atoms with Gasteiger partial charge in [-0.05, 0) is 37.5 Å². The van der Waals surface area contributed by atoms with E-state index < -0.39 is 0 Å². The van der Waals surface area contributed by atoms with Gasteiger partial charge in [-0.1, -0.05) is 24.1 Å². The van der Waals surface area contributed by atoms with Crippen LogP contribution in [-0.4, -0.2) is 12.9 Å². The van der Waals surface area contributed by atoms with Crippen LogP contribution in [0.15, 0.2) is 18.2 Å². The Bertz CT molecular complexity index is 422. The lowest BCUT2D eigenvalue weighted by molar-refractivity contribution is -0.125. The number of carbonyl (C=O) groups is 1. The number of Topliss-reactive ketones (excluding diaryl/α,β-unsaturated/α-hetero) is 1. The summed E-state index contributed by atoms with van der Waals surface area (Å²) in [5.74, 6) is 0.892. The second-order valence-electron chi connectivity index (χ2n) is 4.34. The molecule has 0 spiro atoms. The number of ether oxygens (including phenoxy) is 1. The Morgan fingerprint density at radius 3 is 2.50 bits per heavy atom. The number of hydrogen-bond donors (Lipinski definition) is 0. The number of hydrogen-bond acceptors (Lipinski definition) is 2. The molecule has 1 aliphatic rings. The van der Waals surface area contributed by atoms with Crippen molar-refractivity contribution in [3.8, 4) is 5.75 Å². The van der Waals surface area contributed by atoms with Crippen LogP contribution in [0.4, 0.5) is 0 Å². The van der Waals surface area contributed by atoms with Gasteiger partial charge in [0.05, 0.1) is 17.5 Å². The summed E-state index contributed by atoms with van der Waals surface area (Å²) < 4.78 is 5.11. The first kappa shape index (κ1) is 11.5. The molecule has 3 heteroatoms. The number of benzene rings is 1. The summed E-state index contributed by atoms with van der Waals surface area (Å²) in [6.07, 6.45) is 2.99. The molecular formula is C13H15ClO2. The molecule has 0 aliphatic heterocycles. The van der Waals surface area contributed by atoms with Gasteiger partial charge in [0.25, 0.3) is 0 Å². The van der Waals surface area contributed by atoms with Gasteiger partial charge in [-0.25, -0.2) is 0 Å². The highest BCUT2D eigenvalue weighted by molar-refractivity contribution is 6.32. The lowest BCUT2D eigenvalue weighted by Gasteiger charge is -2.40. The molecule has 1 fully saturated rings. The molecule has 2 nitrogen and oxygen atoms in total. The molecule has 86 valence electrons. The Morgan fingerprint density at radius 2 is 2.12 bits per heavy atom. The van der Waals surface area contributed by atoms with Gasteiger partial charge >= 0.3 is 0 Å². The Hall–Kier alpha value is -1.02. The molecule has 1 aliphatic carbocycles. The van der Waals surface area contributed by atoms with Crippen LogP contribution in [0, 0.1) is 0 Å². The first-order valence-corrected chi connectivity index (χ1v) is 5.83. The summed E-state index contributed by atoms with van der Waals surface area (Å²) in [6, 6.07) is 5.65. The molecule has 0 bridgehead atoms. The second-order valence-corrected chi connectivity index (χ2v) is 4.75. The average molecular weight is 239 g/mol. The molecule has 1 saturated carbocycles. The SMILES string of the molecule is COc1ccc(C2(C(C)=O)CCC2)cc1Cl. The van der Waals surface area contributed by atoms with E-state index in [0.29, 0.717) is 10.8 Å². The maximum absolute atomic E-state index is 11.7. The predicted octanol–water partition coefficient (Wildman–Crippen LogP) is 3.36. The van der Waals surface area contributed by atoms with Gasteiger partial charge in [0.1, 0.15) is 11.5 Å². The summed E-state index contributed by atoms with van der Waals surface area (Å²) >= 11 is 6.09. The normalized spacial score (nSPS) is 17.7. The molecule has 0 heterocycles. The fourth-order valence-electron chi connectivity index (χ4n) is 2.34. The Morgan fingerprint density at radius 1 is 1.44 bits per heavy atom. The smallest absolute Gasteiger partial charge is 0.140 e. The maximum atomic E-state index is 11.7. The van der Waals surface area contributed by atoms with E-state index in [1.807, 2.05) is 18.2 Å². The minimum atomic E-state index is -0.282. The molecular weight excluding hydrogens is 224 g/mol. The van der Waals surface area contributed by atoms with Crippen LogP contribution in [-0.2, 0) is 10.2 Å². The van der Waals surface area contributed by atoms with Crippen LogP contribution >= 0.6 is 11.6 Å². The molecule has 0 N–H and O–H groups in total. The van der Waals surface area contributed by atoms with E-state index in [-0.39, 0.29) is 11.2 Å². The van der Waals surface area contributed by atoms with Gasteiger partial charge in [-0.3, -0.25) is 4.79 Å². The molecule has 1 aromatic carbocycles. The zero-order valence-corrected chi connectivity index (χ0v) is 10.3. The third kappa shape index (κ3) is 1.61. The summed E-state index contributed by atoms with van der Waals surface area (Å²) in [4.78, 5) is 11.7. The van der Waals surface area contributed by atoms with Crippen molar-refractivity contribution >= 4 is 17.4 Å². The first-order valence-electron chi connectivity index (χ1n) is 5.45.